The quantitative estimate of drug-likeness (QED) is 0.388. The Labute approximate surface area is 101 Å². The van der Waals surface area contributed by atoms with Gasteiger partial charge in [0.2, 0.25) is 6.41 Å². The molecule has 94 valence electrons. The van der Waals surface area contributed by atoms with Gasteiger partial charge in [-0.05, 0) is 17.6 Å². The molecule has 0 aromatic carbocycles. The van der Waals surface area contributed by atoms with E-state index in [2.05, 4.69) is 5.10 Å². The lowest BCUT2D eigenvalue weighted by Crippen LogP contribution is -2.35. The molecule has 0 saturated heterocycles. The van der Waals surface area contributed by atoms with Crippen LogP contribution in [0.5, 0.6) is 0 Å². The Kier molecular flexibility index (Phi) is 6.92. The first-order valence-electron chi connectivity index (χ1n) is 5.30. The van der Waals surface area contributed by atoms with Crippen molar-refractivity contribution in [1.82, 2.24) is 9.58 Å². The van der Waals surface area contributed by atoms with Crippen LogP contribution >= 0.6 is 0 Å². The molecule has 0 radical (unpaired) electrons. The van der Waals surface area contributed by atoms with Crippen molar-refractivity contribution < 1.29 is 14.8 Å². The van der Waals surface area contributed by atoms with Crippen molar-refractivity contribution in [2.24, 2.45) is 12.1 Å². The molecule has 0 bridgehead atoms. The number of rotatable bonds is 3. The summed E-state index contributed by atoms with van der Waals surface area (Å²) in [6, 6.07) is 3.05. The van der Waals surface area contributed by atoms with Gasteiger partial charge in [0, 0.05) is 20.3 Å². The maximum Gasteiger partial charge on any atom is 0.488 e. The number of amides is 1. The number of aromatic nitrogens is 1. The summed E-state index contributed by atoms with van der Waals surface area (Å²) in [5.41, 5.74) is 0.779. The molecule has 0 atom stereocenters. The van der Waals surface area contributed by atoms with Crippen molar-refractivity contribution in [2.45, 2.75) is 13.8 Å². The highest BCUT2D eigenvalue weighted by molar-refractivity contribution is 6.58. The molecule has 17 heavy (non-hydrogen) atoms. The molecule has 1 rings (SSSR count). The number of carbonyl (C=O) groups excluding carboxylic acids is 1. The average Bonchev–Trinajstić information content (AvgIpc) is 2.34. The molecule has 7 heteroatoms. The monoisotopic (exact) mass is 239 g/mol. The lowest BCUT2D eigenvalue weighted by molar-refractivity contribution is -0.117. The summed E-state index contributed by atoms with van der Waals surface area (Å²) in [4.78, 5) is 10.4. The van der Waals surface area contributed by atoms with Gasteiger partial charge in [-0.3, -0.25) is 4.79 Å². The third-order valence-corrected chi connectivity index (χ3v) is 1.86. The van der Waals surface area contributed by atoms with Crippen LogP contribution in [0.25, 0.3) is 0 Å². The molecule has 0 aliphatic rings. The number of aryl methyl sites for hydroxylation is 1. The lowest BCUT2D eigenvalue weighted by Gasteiger charge is -2.06. The largest absolute Gasteiger partial charge is 0.488 e. The minimum Gasteiger partial charge on any atom is -0.423 e. The standard InChI is InChI=1S/C8H12BN3O3.C2H6/c1-11-4-3-7(9(14)15)5-8(11)10-12(2)6-13;1-2/h3-6,14-15H,1-2H3;1-2H3/b10-8-;. The van der Waals surface area contributed by atoms with E-state index in [0.29, 0.717) is 17.4 Å². The molecule has 2 N–H and O–H groups in total. The molecule has 0 spiro atoms. The smallest absolute Gasteiger partial charge is 0.423 e. The van der Waals surface area contributed by atoms with Crippen LogP contribution in [0.4, 0.5) is 0 Å². The average molecular weight is 239 g/mol. The molecule has 0 aliphatic carbocycles. The van der Waals surface area contributed by atoms with E-state index in [0.717, 1.165) is 5.01 Å². The molecular weight excluding hydrogens is 221 g/mol. The van der Waals surface area contributed by atoms with Crippen LogP contribution in [0.15, 0.2) is 23.4 Å². The second-order valence-electron chi connectivity index (χ2n) is 3.08. The minimum absolute atomic E-state index is 0.325. The third-order valence-electron chi connectivity index (χ3n) is 1.86. The van der Waals surface area contributed by atoms with Crippen LogP contribution in [-0.4, -0.2) is 40.2 Å². The van der Waals surface area contributed by atoms with E-state index in [9.17, 15) is 4.79 Å². The van der Waals surface area contributed by atoms with E-state index in [4.69, 9.17) is 10.0 Å². The van der Waals surface area contributed by atoms with Gasteiger partial charge in [0.25, 0.3) is 0 Å². The normalized spacial score (nSPS) is 10.4. The fourth-order valence-corrected chi connectivity index (χ4v) is 1.02. The highest BCUT2D eigenvalue weighted by Crippen LogP contribution is 1.80. The lowest BCUT2D eigenvalue weighted by atomic mass is 9.81. The Morgan fingerprint density at radius 1 is 1.47 bits per heavy atom. The van der Waals surface area contributed by atoms with Crippen LogP contribution in [0.3, 0.4) is 0 Å². The van der Waals surface area contributed by atoms with E-state index >= 15 is 0 Å². The van der Waals surface area contributed by atoms with Gasteiger partial charge < -0.3 is 14.6 Å². The van der Waals surface area contributed by atoms with Crippen LogP contribution in [-0.2, 0) is 11.8 Å². The molecule has 1 amide bonds. The van der Waals surface area contributed by atoms with E-state index < -0.39 is 7.12 Å². The van der Waals surface area contributed by atoms with Crippen LogP contribution in [0, 0.1) is 0 Å². The Morgan fingerprint density at radius 2 is 2.06 bits per heavy atom. The van der Waals surface area contributed by atoms with Gasteiger partial charge in [-0.15, -0.1) is 0 Å². The zero-order chi connectivity index (χ0) is 13.4. The molecule has 1 aromatic heterocycles. The zero-order valence-corrected chi connectivity index (χ0v) is 10.5. The number of hydrogen-bond donors (Lipinski definition) is 2. The summed E-state index contributed by atoms with van der Waals surface area (Å²) in [5.74, 6) is 0. The van der Waals surface area contributed by atoms with Gasteiger partial charge >= 0.3 is 7.12 Å². The maximum absolute atomic E-state index is 10.4. The number of nitrogens with zero attached hydrogens (tertiary/aromatic N) is 3. The first-order chi connectivity index (χ1) is 8.04. The van der Waals surface area contributed by atoms with E-state index in [1.807, 2.05) is 13.8 Å². The fraction of sp³-hybridized carbons (Fsp3) is 0.400. The molecule has 1 heterocycles. The van der Waals surface area contributed by atoms with E-state index in [-0.39, 0.29) is 0 Å². The van der Waals surface area contributed by atoms with E-state index in [1.165, 1.54) is 13.1 Å². The first kappa shape index (κ1) is 15.4. The minimum atomic E-state index is -1.54. The van der Waals surface area contributed by atoms with Crippen molar-refractivity contribution in [2.75, 3.05) is 7.05 Å². The molecular formula is C10H18BN3O3. The predicted molar refractivity (Wildman–Crippen MR) is 66.0 cm³/mol. The molecule has 1 aromatic rings. The Balaban J connectivity index is 0.00000121. The van der Waals surface area contributed by atoms with Gasteiger partial charge in [-0.25, -0.2) is 5.01 Å². The van der Waals surface area contributed by atoms with Gasteiger partial charge in [-0.1, -0.05) is 13.8 Å². The summed E-state index contributed by atoms with van der Waals surface area (Å²) in [6.07, 6.45) is 2.19. The van der Waals surface area contributed by atoms with Gasteiger partial charge in [0.15, 0.2) is 5.49 Å². The van der Waals surface area contributed by atoms with Crippen molar-refractivity contribution >= 4 is 19.0 Å². The summed E-state index contributed by atoms with van der Waals surface area (Å²) >= 11 is 0. The molecule has 0 aliphatic heterocycles. The summed E-state index contributed by atoms with van der Waals surface area (Å²) in [7, 11) is 1.70. The highest BCUT2D eigenvalue weighted by Gasteiger charge is 2.10. The molecule has 6 nitrogen and oxygen atoms in total. The van der Waals surface area contributed by atoms with Crippen molar-refractivity contribution in [3.05, 3.63) is 23.8 Å². The highest BCUT2D eigenvalue weighted by atomic mass is 16.4. The summed E-state index contributed by atoms with van der Waals surface area (Å²) in [6.45, 7) is 4.00. The fourth-order valence-electron chi connectivity index (χ4n) is 1.02. The Morgan fingerprint density at radius 3 is 2.53 bits per heavy atom. The molecule has 0 fully saturated rings. The zero-order valence-electron chi connectivity index (χ0n) is 10.5. The number of carbonyl (C=O) groups is 1. The SMILES string of the molecule is CC.CN(C=O)/N=c1/cc(B(O)O)ccn1C. The first-order valence-corrected chi connectivity index (χ1v) is 5.30. The van der Waals surface area contributed by atoms with Gasteiger partial charge in [0.1, 0.15) is 0 Å². The van der Waals surface area contributed by atoms with Crippen LogP contribution in [0.2, 0.25) is 0 Å². The molecule has 0 saturated carbocycles. The van der Waals surface area contributed by atoms with E-state index in [1.54, 1.807) is 23.9 Å². The third kappa shape index (κ3) is 4.84. The topological polar surface area (TPSA) is 78.1 Å². The Hall–Kier alpha value is -1.60. The number of pyridine rings is 1. The predicted octanol–water partition coefficient (Wildman–Crippen LogP) is -1.36. The van der Waals surface area contributed by atoms with Crippen molar-refractivity contribution in [3.63, 3.8) is 0 Å². The van der Waals surface area contributed by atoms with Crippen molar-refractivity contribution in [3.8, 4) is 0 Å². The second-order valence-corrected chi connectivity index (χ2v) is 3.08. The van der Waals surface area contributed by atoms with Gasteiger partial charge in [-0.2, -0.15) is 5.10 Å². The summed E-state index contributed by atoms with van der Waals surface area (Å²) in [5, 5.41) is 22.9. The Bertz CT molecular complexity index is 418. The maximum atomic E-state index is 10.4. The van der Waals surface area contributed by atoms with Gasteiger partial charge in [0.05, 0.1) is 0 Å². The summed E-state index contributed by atoms with van der Waals surface area (Å²) < 4.78 is 1.66. The van der Waals surface area contributed by atoms with Crippen molar-refractivity contribution in [1.29, 1.82) is 0 Å². The molecule has 0 unspecified atom stereocenters. The second kappa shape index (κ2) is 7.64. The number of hydrogen-bond acceptors (Lipinski definition) is 4. The van der Waals surface area contributed by atoms with Crippen LogP contribution < -0.4 is 11.0 Å². The van der Waals surface area contributed by atoms with Crippen LogP contribution in [0.1, 0.15) is 13.8 Å².